The van der Waals surface area contributed by atoms with Crippen molar-refractivity contribution in [3.8, 4) is 0 Å². The first kappa shape index (κ1) is 20.5. The number of hydrogen-bond acceptors (Lipinski definition) is 1. The average molecular weight is 419 g/mol. The maximum Gasteiger partial charge on any atom is 0.416 e. The normalized spacial score (nSPS) is 32.3. The van der Waals surface area contributed by atoms with E-state index >= 15 is 0 Å². The minimum Gasteiger partial charge on any atom is -0.349 e. The van der Waals surface area contributed by atoms with E-state index in [0.717, 1.165) is 19.3 Å². The molecular formula is C21H23F6NO. The number of halogens is 6. The van der Waals surface area contributed by atoms with Gasteiger partial charge in [0.15, 0.2) is 0 Å². The Labute approximate surface area is 165 Å². The highest BCUT2D eigenvalue weighted by molar-refractivity contribution is 5.95. The van der Waals surface area contributed by atoms with Crippen molar-refractivity contribution in [2.24, 2.45) is 23.2 Å². The Morgan fingerprint density at radius 2 is 1.31 bits per heavy atom. The van der Waals surface area contributed by atoms with Gasteiger partial charge in [-0.05, 0) is 86.8 Å². The van der Waals surface area contributed by atoms with Crippen molar-refractivity contribution >= 4 is 5.91 Å². The molecule has 160 valence electrons. The predicted octanol–water partition coefficient (Wildman–Crippen LogP) is 6.06. The SMILES string of the molecule is C[C@H](NC(=O)c1cc(C(F)(F)F)cc(C(F)(F)F)c1)C12CC3CC(CC(C3)C1)C2. The fourth-order valence-corrected chi connectivity index (χ4v) is 6.23. The number of benzene rings is 1. The maximum atomic E-state index is 13.1. The van der Waals surface area contributed by atoms with Gasteiger partial charge in [-0.3, -0.25) is 4.79 Å². The number of amides is 1. The summed E-state index contributed by atoms with van der Waals surface area (Å²) < 4.78 is 78.4. The van der Waals surface area contributed by atoms with E-state index in [0.29, 0.717) is 29.9 Å². The molecule has 0 radical (unpaired) electrons. The highest BCUT2D eigenvalue weighted by atomic mass is 19.4. The Bertz CT molecular complexity index is 745. The molecule has 2 nitrogen and oxygen atoms in total. The van der Waals surface area contributed by atoms with Gasteiger partial charge in [-0.15, -0.1) is 0 Å². The minimum absolute atomic E-state index is 0.0410. The van der Waals surface area contributed by atoms with Gasteiger partial charge in [0, 0.05) is 11.6 Å². The molecule has 29 heavy (non-hydrogen) atoms. The fourth-order valence-electron chi connectivity index (χ4n) is 6.23. The summed E-state index contributed by atoms with van der Waals surface area (Å²) in [7, 11) is 0. The number of hydrogen-bond donors (Lipinski definition) is 1. The van der Waals surface area contributed by atoms with Crippen molar-refractivity contribution in [2.45, 2.75) is 63.8 Å². The summed E-state index contributed by atoms with van der Waals surface area (Å²) in [5.74, 6) is 0.966. The maximum absolute atomic E-state index is 13.1. The van der Waals surface area contributed by atoms with Crippen LogP contribution in [0.5, 0.6) is 0 Å². The van der Waals surface area contributed by atoms with Crippen LogP contribution < -0.4 is 5.32 Å². The molecule has 0 aromatic heterocycles. The summed E-state index contributed by atoms with van der Waals surface area (Å²) in [6.07, 6.45) is -3.44. The van der Waals surface area contributed by atoms with E-state index in [1.165, 1.54) is 19.3 Å². The van der Waals surface area contributed by atoms with Crippen LogP contribution in [0, 0.1) is 23.2 Å². The molecule has 4 aliphatic rings. The molecule has 0 spiro atoms. The molecule has 4 fully saturated rings. The first-order valence-corrected chi connectivity index (χ1v) is 9.96. The van der Waals surface area contributed by atoms with E-state index in [9.17, 15) is 31.1 Å². The third-order valence-corrected chi connectivity index (χ3v) is 7.20. The van der Waals surface area contributed by atoms with E-state index in [4.69, 9.17) is 0 Å². The Balaban J connectivity index is 1.58. The molecule has 0 heterocycles. The van der Waals surface area contributed by atoms with Crippen molar-refractivity contribution in [3.63, 3.8) is 0 Å². The van der Waals surface area contributed by atoms with Gasteiger partial charge in [-0.2, -0.15) is 26.3 Å². The molecule has 1 N–H and O–H groups in total. The Morgan fingerprint density at radius 3 is 1.69 bits per heavy atom. The molecule has 0 unspecified atom stereocenters. The fraction of sp³-hybridized carbons (Fsp3) is 0.667. The van der Waals surface area contributed by atoms with Gasteiger partial charge in [0.2, 0.25) is 0 Å². The topological polar surface area (TPSA) is 29.1 Å². The second kappa shape index (κ2) is 6.64. The third kappa shape index (κ3) is 3.87. The van der Waals surface area contributed by atoms with Crippen molar-refractivity contribution in [3.05, 3.63) is 34.9 Å². The molecule has 4 saturated carbocycles. The largest absolute Gasteiger partial charge is 0.416 e. The zero-order chi connectivity index (χ0) is 21.2. The molecule has 1 aromatic rings. The van der Waals surface area contributed by atoms with E-state index in [2.05, 4.69) is 5.32 Å². The molecule has 0 aliphatic heterocycles. The van der Waals surface area contributed by atoms with Crippen molar-refractivity contribution in [2.75, 3.05) is 0 Å². The molecule has 4 bridgehead atoms. The highest BCUT2D eigenvalue weighted by Gasteiger charge is 2.53. The Hall–Kier alpha value is -1.73. The molecular weight excluding hydrogens is 396 g/mol. The van der Waals surface area contributed by atoms with Gasteiger partial charge < -0.3 is 5.32 Å². The first-order chi connectivity index (χ1) is 13.4. The Morgan fingerprint density at radius 1 is 0.897 bits per heavy atom. The number of carbonyl (C=O) groups is 1. The standard InChI is InChI=1S/C21H23F6NO/c1-11(19-8-12-2-13(9-19)4-14(3-12)10-19)28-18(29)15-5-16(20(22,23)24)7-17(6-15)21(25,26)27/h5-7,11-14H,2-4,8-10H2,1H3,(H,28,29)/t11-,12?,13?,14?,19?/m0/s1. The number of alkyl halides is 6. The quantitative estimate of drug-likeness (QED) is 0.593. The molecule has 4 aliphatic carbocycles. The molecule has 1 amide bonds. The van der Waals surface area contributed by atoms with E-state index < -0.39 is 35.0 Å². The zero-order valence-corrected chi connectivity index (χ0v) is 16.0. The van der Waals surface area contributed by atoms with E-state index in [1.807, 2.05) is 6.92 Å². The lowest BCUT2D eigenvalue weighted by Crippen LogP contribution is -2.55. The van der Waals surface area contributed by atoms with E-state index in [1.54, 1.807) is 0 Å². The van der Waals surface area contributed by atoms with Crippen molar-refractivity contribution < 1.29 is 31.1 Å². The summed E-state index contributed by atoms with van der Waals surface area (Å²) in [4.78, 5) is 12.7. The van der Waals surface area contributed by atoms with Crippen molar-refractivity contribution in [1.82, 2.24) is 5.32 Å². The summed E-state index contributed by atoms with van der Waals surface area (Å²) in [6.45, 7) is 1.84. The number of nitrogens with one attached hydrogen (secondary N) is 1. The van der Waals surface area contributed by atoms with Gasteiger partial charge in [-0.1, -0.05) is 0 Å². The van der Waals surface area contributed by atoms with Crippen LogP contribution in [0.1, 0.15) is 66.9 Å². The van der Waals surface area contributed by atoms with Crippen LogP contribution in [-0.2, 0) is 12.4 Å². The van der Waals surface area contributed by atoms with Gasteiger partial charge in [0.25, 0.3) is 5.91 Å². The molecule has 1 aromatic carbocycles. The lowest BCUT2D eigenvalue weighted by atomic mass is 9.48. The van der Waals surface area contributed by atoms with Gasteiger partial charge in [0.1, 0.15) is 0 Å². The molecule has 1 atom stereocenters. The lowest BCUT2D eigenvalue weighted by molar-refractivity contribution is -0.143. The summed E-state index contributed by atoms with van der Waals surface area (Å²) in [5.41, 5.74) is -3.65. The smallest absolute Gasteiger partial charge is 0.349 e. The highest BCUT2D eigenvalue weighted by Crippen LogP contribution is 2.61. The van der Waals surface area contributed by atoms with Crippen LogP contribution in [0.15, 0.2) is 18.2 Å². The van der Waals surface area contributed by atoms with Crippen molar-refractivity contribution in [1.29, 1.82) is 0 Å². The summed E-state index contributed by atoms with van der Waals surface area (Å²) >= 11 is 0. The zero-order valence-electron chi connectivity index (χ0n) is 16.0. The minimum atomic E-state index is -4.97. The Kier molecular flexibility index (Phi) is 4.70. The predicted molar refractivity (Wildman–Crippen MR) is 94.0 cm³/mol. The average Bonchev–Trinajstić information content (AvgIpc) is 2.58. The first-order valence-electron chi connectivity index (χ1n) is 9.96. The van der Waals surface area contributed by atoms with Crippen LogP contribution in [0.4, 0.5) is 26.3 Å². The van der Waals surface area contributed by atoms with Gasteiger partial charge >= 0.3 is 12.4 Å². The number of rotatable bonds is 3. The van der Waals surface area contributed by atoms with Gasteiger partial charge in [-0.25, -0.2) is 0 Å². The molecule has 5 rings (SSSR count). The summed E-state index contributed by atoms with van der Waals surface area (Å²) in [6, 6.07) is 0.736. The van der Waals surface area contributed by atoms with Crippen LogP contribution in [0.2, 0.25) is 0 Å². The third-order valence-electron chi connectivity index (χ3n) is 7.20. The van der Waals surface area contributed by atoms with Crippen LogP contribution in [-0.4, -0.2) is 11.9 Å². The molecule has 8 heteroatoms. The van der Waals surface area contributed by atoms with Crippen LogP contribution in [0.3, 0.4) is 0 Å². The monoisotopic (exact) mass is 419 g/mol. The van der Waals surface area contributed by atoms with E-state index in [-0.39, 0.29) is 17.5 Å². The summed E-state index contributed by atoms with van der Waals surface area (Å²) in [5, 5.41) is 2.74. The number of carbonyl (C=O) groups excluding carboxylic acids is 1. The van der Waals surface area contributed by atoms with Crippen LogP contribution >= 0.6 is 0 Å². The lowest BCUT2D eigenvalue weighted by Gasteiger charge is -2.59. The van der Waals surface area contributed by atoms with Gasteiger partial charge in [0.05, 0.1) is 11.1 Å². The van der Waals surface area contributed by atoms with Crippen LogP contribution in [0.25, 0.3) is 0 Å². The molecule has 0 saturated heterocycles. The second-order valence-corrected chi connectivity index (χ2v) is 9.27. The second-order valence-electron chi connectivity index (χ2n) is 9.27.